The van der Waals surface area contributed by atoms with Crippen LogP contribution in [0.3, 0.4) is 0 Å². The Morgan fingerprint density at radius 3 is 1.07 bits per heavy atom. The summed E-state index contributed by atoms with van der Waals surface area (Å²) in [5.41, 5.74) is 0.491. The Balaban J connectivity index is 1.60. The van der Waals surface area contributed by atoms with Crippen molar-refractivity contribution in [2.45, 2.75) is 51.4 Å². The SMILES string of the molecule is COC(=O)c1ccc(OCCCCCCCCCCOc2ccc(C(=O)OC)c(C(=O)OC)c2)cc1C(=O)OC. The molecule has 10 heteroatoms. The lowest BCUT2D eigenvalue weighted by Crippen LogP contribution is -2.12. The van der Waals surface area contributed by atoms with Crippen molar-refractivity contribution in [3.05, 3.63) is 58.7 Å². The average Bonchev–Trinajstić information content (AvgIpc) is 2.99. The third-order valence-electron chi connectivity index (χ3n) is 6.18. The van der Waals surface area contributed by atoms with Crippen molar-refractivity contribution in [1.82, 2.24) is 0 Å². The first-order valence-corrected chi connectivity index (χ1v) is 13.2. The van der Waals surface area contributed by atoms with Gasteiger partial charge in [-0.25, -0.2) is 19.2 Å². The molecule has 0 spiro atoms. The van der Waals surface area contributed by atoms with Crippen LogP contribution in [0.15, 0.2) is 36.4 Å². The van der Waals surface area contributed by atoms with Crippen LogP contribution in [-0.2, 0) is 18.9 Å². The summed E-state index contributed by atoms with van der Waals surface area (Å²) in [6.07, 6.45) is 8.24. The highest BCUT2D eigenvalue weighted by Crippen LogP contribution is 2.22. The summed E-state index contributed by atoms with van der Waals surface area (Å²) in [5.74, 6) is -1.48. The highest BCUT2D eigenvalue weighted by Gasteiger charge is 2.20. The number of rotatable bonds is 17. The molecule has 218 valence electrons. The number of esters is 4. The number of hydrogen-bond donors (Lipinski definition) is 0. The van der Waals surface area contributed by atoms with E-state index in [-0.39, 0.29) is 22.3 Å². The third-order valence-corrected chi connectivity index (χ3v) is 6.18. The molecule has 0 aliphatic carbocycles. The molecule has 0 fully saturated rings. The lowest BCUT2D eigenvalue weighted by molar-refractivity contribution is 0.0555. The molecule has 10 nitrogen and oxygen atoms in total. The van der Waals surface area contributed by atoms with Crippen LogP contribution < -0.4 is 9.47 Å². The van der Waals surface area contributed by atoms with Crippen LogP contribution in [0.5, 0.6) is 11.5 Å². The first kappa shape index (κ1) is 32.1. The zero-order valence-corrected chi connectivity index (χ0v) is 23.6. The minimum Gasteiger partial charge on any atom is -0.494 e. The Labute approximate surface area is 234 Å². The molecule has 0 bridgehead atoms. The van der Waals surface area contributed by atoms with Crippen LogP contribution in [0, 0.1) is 0 Å². The van der Waals surface area contributed by atoms with Crippen molar-refractivity contribution in [3.63, 3.8) is 0 Å². The molecule has 0 atom stereocenters. The fraction of sp³-hybridized carbons (Fsp3) is 0.467. The second-order valence-corrected chi connectivity index (χ2v) is 8.91. The molecule has 0 saturated carbocycles. The fourth-order valence-electron chi connectivity index (χ4n) is 4.00. The van der Waals surface area contributed by atoms with Gasteiger partial charge in [0.1, 0.15) is 11.5 Å². The average molecular weight is 559 g/mol. The van der Waals surface area contributed by atoms with E-state index < -0.39 is 23.9 Å². The Morgan fingerprint density at radius 2 is 0.750 bits per heavy atom. The van der Waals surface area contributed by atoms with Gasteiger partial charge in [0.2, 0.25) is 0 Å². The van der Waals surface area contributed by atoms with E-state index in [1.807, 2.05) is 0 Å². The lowest BCUT2D eigenvalue weighted by atomic mass is 10.1. The van der Waals surface area contributed by atoms with Crippen LogP contribution >= 0.6 is 0 Å². The smallest absolute Gasteiger partial charge is 0.338 e. The largest absolute Gasteiger partial charge is 0.494 e. The molecule has 0 heterocycles. The van der Waals surface area contributed by atoms with Crippen molar-refractivity contribution < 1.29 is 47.6 Å². The Kier molecular flexibility index (Phi) is 14.1. The number of hydrogen-bond acceptors (Lipinski definition) is 10. The number of benzene rings is 2. The van der Waals surface area contributed by atoms with Crippen LogP contribution in [-0.4, -0.2) is 65.5 Å². The zero-order valence-electron chi connectivity index (χ0n) is 23.6. The van der Waals surface area contributed by atoms with Gasteiger partial charge in [0.25, 0.3) is 0 Å². The summed E-state index contributed by atoms with van der Waals surface area (Å²) in [6.45, 7) is 1.02. The molecule has 40 heavy (non-hydrogen) atoms. The molecule has 0 N–H and O–H groups in total. The summed E-state index contributed by atoms with van der Waals surface area (Å²) in [6, 6.07) is 9.27. The number of carbonyl (C=O) groups is 4. The van der Waals surface area contributed by atoms with Gasteiger partial charge in [0.05, 0.1) is 63.9 Å². The molecule has 0 amide bonds. The molecule has 2 aromatic rings. The summed E-state index contributed by atoms with van der Waals surface area (Å²) < 4.78 is 30.4. The quantitative estimate of drug-likeness (QED) is 0.141. The van der Waals surface area contributed by atoms with E-state index in [1.165, 1.54) is 52.7 Å². The highest BCUT2D eigenvalue weighted by molar-refractivity contribution is 6.04. The van der Waals surface area contributed by atoms with Gasteiger partial charge in [0, 0.05) is 0 Å². The van der Waals surface area contributed by atoms with E-state index >= 15 is 0 Å². The Hall–Kier alpha value is -4.08. The fourth-order valence-corrected chi connectivity index (χ4v) is 4.00. The van der Waals surface area contributed by atoms with Crippen LogP contribution in [0.2, 0.25) is 0 Å². The second kappa shape index (κ2) is 17.5. The molecule has 0 radical (unpaired) electrons. The van der Waals surface area contributed by atoms with E-state index in [4.69, 9.17) is 28.4 Å². The monoisotopic (exact) mass is 558 g/mol. The van der Waals surface area contributed by atoms with E-state index in [2.05, 4.69) is 0 Å². The van der Waals surface area contributed by atoms with Gasteiger partial charge >= 0.3 is 23.9 Å². The van der Waals surface area contributed by atoms with Crippen molar-refractivity contribution in [1.29, 1.82) is 0 Å². The Morgan fingerprint density at radius 1 is 0.450 bits per heavy atom. The maximum absolute atomic E-state index is 12.0. The van der Waals surface area contributed by atoms with Crippen LogP contribution in [0.25, 0.3) is 0 Å². The highest BCUT2D eigenvalue weighted by atomic mass is 16.5. The maximum atomic E-state index is 12.0. The third kappa shape index (κ3) is 9.91. The molecule has 0 unspecified atom stereocenters. The van der Waals surface area contributed by atoms with Gasteiger partial charge < -0.3 is 28.4 Å². The number of unbranched alkanes of at least 4 members (excludes halogenated alkanes) is 7. The van der Waals surface area contributed by atoms with Gasteiger partial charge in [-0.05, 0) is 49.2 Å². The summed E-state index contributed by atoms with van der Waals surface area (Å²) in [5, 5.41) is 0. The molecule has 0 aliphatic rings. The summed E-state index contributed by atoms with van der Waals surface area (Å²) in [7, 11) is 5.01. The van der Waals surface area contributed by atoms with Crippen molar-refractivity contribution in [3.8, 4) is 11.5 Å². The zero-order chi connectivity index (χ0) is 29.3. The van der Waals surface area contributed by atoms with Crippen LogP contribution in [0.4, 0.5) is 0 Å². The van der Waals surface area contributed by atoms with E-state index in [0.29, 0.717) is 24.7 Å². The molecule has 0 saturated heterocycles. The predicted molar refractivity (Wildman–Crippen MR) is 146 cm³/mol. The van der Waals surface area contributed by atoms with Gasteiger partial charge in [0.15, 0.2) is 0 Å². The molecular formula is C30H38O10. The molecule has 0 aromatic heterocycles. The van der Waals surface area contributed by atoms with Gasteiger partial charge in [-0.1, -0.05) is 38.5 Å². The standard InChI is InChI=1S/C30H38O10/c1-35-27(31)23-15-13-21(19-25(23)29(33)37-3)39-17-11-9-7-5-6-8-10-12-18-40-22-14-16-24(28(32)36-2)26(20-22)30(34)38-4/h13-16,19-20H,5-12,17-18H2,1-4H3. The normalized spacial score (nSPS) is 10.4. The van der Waals surface area contributed by atoms with E-state index in [9.17, 15) is 19.2 Å². The first-order chi connectivity index (χ1) is 19.4. The maximum Gasteiger partial charge on any atom is 0.338 e. The molecule has 0 aliphatic heterocycles. The Bertz CT molecular complexity index is 1050. The number of ether oxygens (including phenoxy) is 6. The topological polar surface area (TPSA) is 124 Å². The van der Waals surface area contributed by atoms with E-state index in [0.717, 1.165) is 51.4 Å². The van der Waals surface area contributed by atoms with Crippen molar-refractivity contribution >= 4 is 23.9 Å². The van der Waals surface area contributed by atoms with Gasteiger partial charge in [-0.3, -0.25) is 0 Å². The number of carbonyl (C=O) groups excluding carboxylic acids is 4. The minimum absolute atomic E-state index is 0.111. The number of methoxy groups -OCH3 is 4. The van der Waals surface area contributed by atoms with Gasteiger partial charge in [-0.2, -0.15) is 0 Å². The van der Waals surface area contributed by atoms with Gasteiger partial charge in [-0.15, -0.1) is 0 Å². The minimum atomic E-state index is -0.626. The molecule has 2 rings (SSSR count). The van der Waals surface area contributed by atoms with Crippen molar-refractivity contribution in [2.75, 3.05) is 41.7 Å². The summed E-state index contributed by atoms with van der Waals surface area (Å²) in [4.78, 5) is 47.7. The summed E-state index contributed by atoms with van der Waals surface area (Å²) >= 11 is 0. The second-order valence-electron chi connectivity index (χ2n) is 8.91. The predicted octanol–water partition coefficient (Wildman–Crippen LogP) is 5.41. The van der Waals surface area contributed by atoms with Crippen molar-refractivity contribution in [2.24, 2.45) is 0 Å². The van der Waals surface area contributed by atoms with E-state index in [1.54, 1.807) is 12.1 Å². The molecule has 2 aromatic carbocycles. The first-order valence-electron chi connectivity index (χ1n) is 13.2. The molecular weight excluding hydrogens is 520 g/mol. The lowest BCUT2D eigenvalue weighted by Gasteiger charge is -2.11. The van der Waals surface area contributed by atoms with Crippen LogP contribution in [0.1, 0.15) is 92.8 Å².